The Bertz CT molecular complexity index is 449. The Kier molecular flexibility index (Phi) is 5.61. The van der Waals surface area contributed by atoms with Crippen molar-refractivity contribution in [2.24, 2.45) is 5.73 Å². The number of anilines is 1. The molecule has 98 valence electrons. The number of halogens is 1. The molecule has 0 aromatic heterocycles. The lowest BCUT2D eigenvalue weighted by atomic mass is 10.2. The third kappa shape index (κ3) is 4.35. The molecule has 2 amide bonds. The van der Waals surface area contributed by atoms with E-state index in [4.69, 9.17) is 22.4 Å². The predicted molar refractivity (Wildman–Crippen MR) is 69.5 cm³/mol. The number of unbranched alkanes of at least 4 members (excludes halogenated alkanes) is 1. The van der Waals surface area contributed by atoms with Gasteiger partial charge in [0.15, 0.2) is 0 Å². The Labute approximate surface area is 110 Å². The molecule has 0 atom stereocenters. The summed E-state index contributed by atoms with van der Waals surface area (Å²) in [6.07, 6.45) is 1.51. The molecule has 0 bridgehead atoms. The minimum Gasteiger partial charge on any atom is -0.396 e. The van der Waals surface area contributed by atoms with Crippen LogP contribution < -0.4 is 11.1 Å². The molecule has 0 aliphatic rings. The zero-order valence-corrected chi connectivity index (χ0v) is 10.5. The van der Waals surface area contributed by atoms with Crippen LogP contribution >= 0.6 is 11.6 Å². The number of nitrogens with one attached hydrogen (secondary N) is 1. The van der Waals surface area contributed by atoms with Gasteiger partial charge in [0, 0.05) is 18.7 Å². The number of aliphatic hydroxyl groups is 1. The molecule has 0 aliphatic carbocycles. The molecule has 4 N–H and O–H groups in total. The number of carbonyl (C=O) groups excluding carboxylic acids is 2. The first-order valence-electron chi connectivity index (χ1n) is 5.54. The van der Waals surface area contributed by atoms with Crippen LogP contribution in [0.2, 0.25) is 5.02 Å². The maximum Gasteiger partial charge on any atom is 0.250 e. The smallest absolute Gasteiger partial charge is 0.250 e. The van der Waals surface area contributed by atoms with Crippen molar-refractivity contribution in [2.75, 3.05) is 11.9 Å². The fourth-order valence-corrected chi connectivity index (χ4v) is 1.62. The van der Waals surface area contributed by atoms with Crippen molar-refractivity contribution in [3.05, 3.63) is 28.8 Å². The minimum absolute atomic E-state index is 0.0695. The summed E-state index contributed by atoms with van der Waals surface area (Å²) in [7, 11) is 0. The SMILES string of the molecule is NC(=O)c1cc(NC(=O)CCCCO)ccc1Cl. The van der Waals surface area contributed by atoms with E-state index in [-0.39, 0.29) is 23.1 Å². The van der Waals surface area contributed by atoms with Gasteiger partial charge in [-0.2, -0.15) is 0 Å². The molecule has 6 heteroatoms. The van der Waals surface area contributed by atoms with Crippen molar-refractivity contribution in [3.63, 3.8) is 0 Å². The number of primary amides is 1. The lowest BCUT2D eigenvalue weighted by molar-refractivity contribution is -0.116. The molecular formula is C12H15ClN2O3. The summed E-state index contributed by atoms with van der Waals surface area (Å²) >= 11 is 5.79. The Hall–Kier alpha value is -1.59. The highest BCUT2D eigenvalue weighted by Gasteiger charge is 2.09. The van der Waals surface area contributed by atoms with Crippen LogP contribution in [-0.2, 0) is 4.79 Å². The number of benzene rings is 1. The quantitative estimate of drug-likeness (QED) is 0.685. The van der Waals surface area contributed by atoms with Crippen LogP contribution in [-0.4, -0.2) is 23.5 Å². The molecular weight excluding hydrogens is 256 g/mol. The number of rotatable bonds is 6. The Morgan fingerprint density at radius 3 is 2.67 bits per heavy atom. The summed E-state index contributed by atoms with van der Waals surface area (Å²) in [5.41, 5.74) is 5.79. The van der Waals surface area contributed by atoms with Crippen molar-refractivity contribution >= 4 is 29.1 Å². The first-order chi connectivity index (χ1) is 8.54. The maximum absolute atomic E-state index is 11.5. The van der Waals surface area contributed by atoms with Crippen LogP contribution in [0.15, 0.2) is 18.2 Å². The molecule has 0 saturated heterocycles. The molecule has 0 unspecified atom stereocenters. The molecule has 1 aromatic carbocycles. The first kappa shape index (κ1) is 14.5. The molecule has 18 heavy (non-hydrogen) atoms. The van der Waals surface area contributed by atoms with E-state index in [1.165, 1.54) is 12.1 Å². The standard InChI is InChI=1S/C12H15ClN2O3/c13-10-5-4-8(7-9(10)12(14)18)15-11(17)3-1-2-6-16/h4-5,7,16H,1-3,6H2,(H2,14,18)(H,15,17). The number of nitrogens with two attached hydrogens (primary N) is 1. The first-order valence-corrected chi connectivity index (χ1v) is 5.92. The van der Waals surface area contributed by atoms with Gasteiger partial charge < -0.3 is 16.2 Å². The molecule has 0 radical (unpaired) electrons. The third-order valence-corrected chi connectivity index (χ3v) is 2.66. The molecule has 0 aliphatic heterocycles. The molecule has 1 rings (SSSR count). The average Bonchev–Trinajstić information content (AvgIpc) is 2.31. The van der Waals surface area contributed by atoms with Gasteiger partial charge in [0.1, 0.15) is 0 Å². The largest absolute Gasteiger partial charge is 0.396 e. The van der Waals surface area contributed by atoms with Crippen molar-refractivity contribution < 1.29 is 14.7 Å². The van der Waals surface area contributed by atoms with Gasteiger partial charge in [-0.15, -0.1) is 0 Å². The van der Waals surface area contributed by atoms with Crippen LogP contribution in [0.1, 0.15) is 29.6 Å². The Morgan fingerprint density at radius 1 is 1.33 bits per heavy atom. The summed E-state index contributed by atoms with van der Waals surface area (Å²) in [5, 5.41) is 11.5. The molecule has 5 nitrogen and oxygen atoms in total. The van der Waals surface area contributed by atoms with Gasteiger partial charge in [-0.1, -0.05) is 11.6 Å². The molecule has 1 aromatic rings. The van der Waals surface area contributed by atoms with Gasteiger partial charge in [0.25, 0.3) is 0 Å². The van der Waals surface area contributed by atoms with Gasteiger partial charge in [-0.25, -0.2) is 0 Å². The monoisotopic (exact) mass is 270 g/mol. The molecule has 0 heterocycles. The van der Waals surface area contributed by atoms with Crippen molar-refractivity contribution in [3.8, 4) is 0 Å². The third-order valence-electron chi connectivity index (χ3n) is 2.33. The van der Waals surface area contributed by atoms with Crippen LogP contribution in [0.4, 0.5) is 5.69 Å². The Morgan fingerprint density at radius 2 is 2.06 bits per heavy atom. The maximum atomic E-state index is 11.5. The number of aliphatic hydroxyl groups excluding tert-OH is 1. The summed E-state index contributed by atoms with van der Waals surface area (Å²) in [4.78, 5) is 22.6. The molecule has 0 spiro atoms. The second-order valence-corrected chi connectivity index (χ2v) is 4.19. The number of amides is 2. The summed E-state index contributed by atoms with van der Waals surface area (Å²) in [6.45, 7) is 0.0695. The van der Waals surface area contributed by atoms with E-state index in [1.807, 2.05) is 0 Å². The second-order valence-electron chi connectivity index (χ2n) is 3.79. The van der Waals surface area contributed by atoms with Gasteiger partial charge in [0.2, 0.25) is 11.8 Å². The zero-order valence-electron chi connectivity index (χ0n) is 9.78. The number of hydrogen-bond donors (Lipinski definition) is 3. The van der Waals surface area contributed by atoms with Crippen LogP contribution in [0, 0.1) is 0 Å². The van der Waals surface area contributed by atoms with Gasteiger partial charge in [-0.3, -0.25) is 9.59 Å². The predicted octanol–water partition coefficient (Wildman–Crippen LogP) is 1.54. The summed E-state index contributed by atoms with van der Waals surface area (Å²) in [6, 6.07) is 4.54. The van der Waals surface area contributed by atoms with Gasteiger partial charge >= 0.3 is 0 Å². The van der Waals surface area contributed by atoms with Crippen LogP contribution in [0.5, 0.6) is 0 Å². The second kappa shape index (κ2) is 6.98. The number of carbonyl (C=O) groups is 2. The molecule has 0 fully saturated rings. The van der Waals surface area contributed by atoms with Gasteiger partial charge in [-0.05, 0) is 31.0 Å². The zero-order chi connectivity index (χ0) is 13.5. The highest BCUT2D eigenvalue weighted by Crippen LogP contribution is 2.20. The summed E-state index contributed by atoms with van der Waals surface area (Å²) in [5.74, 6) is -0.822. The summed E-state index contributed by atoms with van der Waals surface area (Å²) < 4.78 is 0. The van der Waals surface area contributed by atoms with E-state index in [2.05, 4.69) is 5.32 Å². The molecule has 0 saturated carbocycles. The average molecular weight is 271 g/mol. The highest BCUT2D eigenvalue weighted by molar-refractivity contribution is 6.33. The topological polar surface area (TPSA) is 92.4 Å². The number of hydrogen-bond acceptors (Lipinski definition) is 3. The van der Waals surface area contributed by atoms with E-state index >= 15 is 0 Å². The fraction of sp³-hybridized carbons (Fsp3) is 0.333. The normalized spacial score (nSPS) is 10.1. The van der Waals surface area contributed by atoms with Crippen molar-refractivity contribution in [2.45, 2.75) is 19.3 Å². The van der Waals surface area contributed by atoms with Gasteiger partial charge in [0.05, 0.1) is 10.6 Å². The van der Waals surface area contributed by atoms with E-state index in [1.54, 1.807) is 6.07 Å². The fourth-order valence-electron chi connectivity index (χ4n) is 1.41. The minimum atomic E-state index is -0.642. The lowest BCUT2D eigenvalue weighted by Crippen LogP contribution is -2.14. The van der Waals surface area contributed by atoms with E-state index in [0.717, 1.165) is 0 Å². The highest BCUT2D eigenvalue weighted by atomic mass is 35.5. The Balaban J connectivity index is 2.65. The van der Waals surface area contributed by atoms with Crippen LogP contribution in [0.25, 0.3) is 0 Å². The van der Waals surface area contributed by atoms with E-state index < -0.39 is 5.91 Å². The van der Waals surface area contributed by atoms with Crippen molar-refractivity contribution in [1.82, 2.24) is 0 Å². The van der Waals surface area contributed by atoms with Crippen molar-refractivity contribution in [1.29, 1.82) is 0 Å². The van der Waals surface area contributed by atoms with E-state index in [0.29, 0.717) is 24.9 Å². The van der Waals surface area contributed by atoms with Crippen LogP contribution in [0.3, 0.4) is 0 Å². The lowest BCUT2D eigenvalue weighted by Gasteiger charge is -2.07. The van der Waals surface area contributed by atoms with E-state index in [9.17, 15) is 9.59 Å².